The van der Waals surface area contributed by atoms with Crippen LogP contribution in [0.1, 0.15) is 59.7 Å². The molecule has 2 aliphatic rings. The molecule has 0 unspecified atom stereocenters. The highest BCUT2D eigenvalue weighted by molar-refractivity contribution is 6.48. The number of anilines is 2. The summed E-state index contributed by atoms with van der Waals surface area (Å²) in [5.41, 5.74) is 1.90. The Morgan fingerprint density at radius 3 is 2.14 bits per heavy atom. The molecule has 3 amide bonds. The molecule has 35 heavy (non-hydrogen) atoms. The minimum atomic E-state index is -0.462. The predicted molar refractivity (Wildman–Crippen MR) is 132 cm³/mol. The first-order valence-corrected chi connectivity index (χ1v) is 12.0. The standard InChI is InChI=1S/C26H26ClN3O5/c1-2-35-26(34)17-10-14-19(15-11-17)29-23(31)16-8-12-18(13-9-16)28-22-21(27)24(32)30(25(22)33)20-6-4-3-5-7-20/h8-15,20,28H,2-7H2,1H3,(H,29,31). The normalized spacial score (nSPS) is 16.5. The second kappa shape index (κ2) is 10.7. The molecule has 0 saturated heterocycles. The highest BCUT2D eigenvalue weighted by Crippen LogP contribution is 2.32. The number of nitrogens with one attached hydrogen (secondary N) is 2. The van der Waals surface area contributed by atoms with Crippen molar-refractivity contribution in [3.05, 3.63) is 70.4 Å². The first-order valence-electron chi connectivity index (χ1n) is 11.6. The van der Waals surface area contributed by atoms with Crippen LogP contribution < -0.4 is 10.6 Å². The maximum absolute atomic E-state index is 12.9. The van der Waals surface area contributed by atoms with E-state index < -0.39 is 17.8 Å². The Hall–Kier alpha value is -3.65. The van der Waals surface area contributed by atoms with Gasteiger partial charge in [-0.1, -0.05) is 30.9 Å². The highest BCUT2D eigenvalue weighted by atomic mass is 35.5. The van der Waals surface area contributed by atoms with Gasteiger partial charge in [0.25, 0.3) is 17.7 Å². The van der Waals surface area contributed by atoms with Crippen LogP contribution in [-0.4, -0.2) is 41.2 Å². The number of amides is 3. The van der Waals surface area contributed by atoms with E-state index in [4.69, 9.17) is 16.3 Å². The molecule has 2 N–H and O–H groups in total. The Balaban J connectivity index is 1.39. The van der Waals surface area contributed by atoms with E-state index in [1.54, 1.807) is 55.5 Å². The Morgan fingerprint density at radius 2 is 1.51 bits per heavy atom. The summed E-state index contributed by atoms with van der Waals surface area (Å²) in [5.74, 6) is -1.64. The monoisotopic (exact) mass is 495 g/mol. The maximum atomic E-state index is 12.9. The molecule has 0 atom stereocenters. The molecular weight excluding hydrogens is 470 g/mol. The smallest absolute Gasteiger partial charge is 0.338 e. The summed E-state index contributed by atoms with van der Waals surface area (Å²) in [6, 6.07) is 12.7. The third kappa shape index (κ3) is 5.38. The van der Waals surface area contributed by atoms with Crippen molar-refractivity contribution in [2.75, 3.05) is 17.2 Å². The van der Waals surface area contributed by atoms with Crippen molar-refractivity contribution >= 4 is 46.7 Å². The molecule has 0 aromatic heterocycles. The van der Waals surface area contributed by atoms with Crippen LogP contribution in [0.4, 0.5) is 11.4 Å². The van der Waals surface area contributed by atoms with E-state index in [9.17, 15) is 19.2 Å². The fraction of sp³-hybridized carbons (Fsp3) is 0.308. The Bertz CT molecular complexity index is 1170. The van der Waals surface area contributed by atoms with Crippen molar-refractivity contribution in [3.8, 4) is 0 Å². The quantitative estimate of drug-likeness (QED) is 0.427. The molecule has 8 nitrogen and oxygen atoms in total. The average molecular weight is 496 g/mol. The number of imide groups is 1. The van der Waals surface area contributed by atoms with E-state index in [2.05, 4.69) is 10.6 Å². The van der Waals surface area contributed by atoms with E-state index >= 15 is 0 Å². The van der Waals surface area contributed by atoms with Crippen LogP contribution in [0.3, 0.4) is 0 Å². The van der Waals surface area contributed by atoms with Gasteiger partial charge in [-0.15, -0.1) is 0 Å². The SMILES string of the molecule is CCOC(=O)c1ccc(NC(=O)c2ccc(NC3=C(Cl)C(=O)N(C4CCCCC4)C3=O)cc2)cc1. The van der Waals surface area contributed by atoms with Crippen molar-refractivity contribution in [1.29, 1.82) is 0 Å². The number of hydrogen-bond donors (Lipinski definition) is 2. The number of esters is 1. The van der Waals surface area contributed by atoms with Crippen molar-refractivity contribution in [2.45, 2.75) is 45.1 Å². The molecule has 0 spiro atoms. The van der Waals surface area contributed by atoms with Gasteiger partial charge in [0, 0.05) is 23.0 Å². The van der Waals surface area contributed by atoms with Crippen LogP contribution in [-0.2, 0) is 14.3 Å². The fourth-order valence-electron chi connectivity index (χ4n) is 4.26. The molecule has 1 fully saturated rings. The summed E-state index contributed by atoms with van der Waals surface area (Å²) in [4.78, 5) is 51.2. The summed E-state index contributed by atoms with van der Waals surface area (Å²) < 4.78 is 4.95. The van der Waals surface area contributed by atoms with Gasteiger partial charge in [-0.05, 0) is 68.3 Å². The molecule has 0 bridgehead atoms. The molecule has 4 rings (SSSR count). The third-order valence-corrected chi connectivity index (χ3v) is 6.42. The van der Waals surface area contributed by atoms with E-state index in [1.165, 1.54) is 4.90 Å². The van der Waals surface area contributed by atoms with Crippen LogP contribution in [0.5, 0.6) is 0 Å². The van der Waals surface area contributed by atoms with Gasteiger partial charge in [-0.25, -0.2) is 4.79 Å². The lowest BCUT2D eigenvalue weighted by atomic mass is 9.94. The summed E-state index contributed by atoms with van der Waals surface area (Å²) in [6.45, 7) is 2.02. The maximum Gasteiger partial charge on any atom is 0.338 e. The van der Waals surface area contributed by atoms with Crippen LogP contribution in [0.2, 0.25) is 0 Å². The summed E-state index contributed by atoms with van der Waals surface area (Å²) >= 11 is 6.22. The summed E-state index contributed by atoms with van der Waals surface area (Å²) in [5, 5.41) is 5.59. The van der Waals surface area contributed by atoms with E-state index in [-0.39, 0.29) is 29.3 Å². The van der Waals surface area contributed by atoms with Gasteiger partial charge in [0.05, 0.1) is 12.2 Å². The number of nitrogens with zero attached hydrogens (tertiary/aromatic N) is 1. The number of hydrogen-bond acceptors (Lipinski definition) is 6. The second-order valence-corrected chi connectivity index (χ2v) is 8.79. The van der Waals surface area contributed by atoms with Crippen molar-refractivity contribution in [1.82, 2.24) is 4.90 Å². The molecule has 9 heteroatoms. The number of carbonyl (C=O) groups is 4. The molecule has 182 valence electrons. The molecule has 0 radical (unpaired) electrons. The molecule has 2 aromatic rings. The number of benzene rings is 2. The average Bonchev–Trinajstić information content (AvgIpc) is 3.08. The van der Waals surface area contributed by atoms with Gasteiger partial charge in [0.1, 0.15) is 10.7 Å². The Kier molecular flexibility index (Phi) is 7.51. The molecule has 2 aromatic carbocycles. The number of halogens is 1. The number of carbonyl (C=O) groups excluding carboxylic acids is 4. The molecule has 1 saturated carbocycles. The van der Waals surface area contributed by atoms with Gasteiger partial charge in [0.2, 0.25) is 0 Å². The van der Waals surface area contributed by atoms with E-state index in [0.29, 0.717) is 22.5 Å². The largest absolute Gasteiger partial charge is 0.462 e. The fourth-order valence-corrected chi connectivity index (χ4v) is 4.47. The van der Waals surface area contributed by atoms with Crippen LogP contribution in [0.15, 0.2) is 59.3 Å². The number of rotatable bonds is 7. The van der Waals surface area contributed by atoms with Crippen molar-refractivity contribution in [2.24, 2.45) is 0 Å². The topological polar surface area (TPSA) is 105 Å². The minimum Gasteiger partial charge on any atom is -0.462 e. The second-order valence-electron chi connectivity index (χ2n) is 8.42. The van der Waals surface area contributed by atoms with Gasteiger partial charge < -0.3 is 15.4 Å². The van der Waals surface area contributed by atoms with E-state index in [1.807, 2.05) is 0 Å². The highest BCUT2D eigenvalue weighted by Gasteiger charge is 2.42. The predicted octanol–water partition coefficient (Wildman–Crippen LogP) is 4.68. The first-order chi connectivity index (χ1) is 16.9. The first kappa shape index (κ1) is 24.5. The van der Waals surface area contributed by atoms with Crippen molar-refractivity contribution in [3.63, 3.8) is 0 Å². The molecule has 1 aliphatic carbocycles. The Morgan fingerprint density at radius 1 is 0.914 bits per heavy atom. The van der Waals surface area contributed by atoms with Gasteiger partial charge in [-0.3, -0.25) is 19.3 Å². The zero-order valence-electron chi connectivity index (χ0n) is 19.3. The van der Waals surface area contributed by atoms with Crippen LogP contribution in [0.25, 0.3) is 0 Å². The van der Waals surface area contributed by atoms with E-state index in [0.717, 1.165) is 32.1 Å². The lowest BCUT2D eigenvalue weighted by molar-refractivity contribution is -0.140. The van der Waals surface area contributed by atoms with Crippen LogP contribution in [0, 0.1) is 0 Å². The molecular formula is C26H26ClN3O5. The van der Waals surface area contributed by atoms with Crippen molar-refractivity contribution < 1.29 is 23.9 Å². The number of ether oxygens (including phenoxy) is 1. The zero-order chi connectivity index (χ0) is 24.9. The summed E-state index contributed by atoms with van der Waals surface area (Å²) in [6.07, 6.45) is 4.68. The third-order valence-electron chi connectivity index (χ3n) is 6.07. The minimum absolute atomic E-state index is 0.0566. The molecule has 1 heterocycles. The van der Waals surface area contributed by atoms with Gasteiger partial charge >= 0.3 is 5.97 Å². The lowest BCUT2D eigenvalue weighted by Crippen LogP contribution is -2.42. The molecule has 1 aliphatic heterocycles. The van der Waals surface area contributed by atoms with Crippen LogP contribution >= 0.6 is 11.6 Å². The lowest BCUT2D eigenvalue weighted by Gasteiger charge is -2.29. The van der Waals surface area contributed by atoms with Gasteiger partial charge in [-0.2, -0.15) is 0 Å². The Labute approximate surface area is 208 Å². The summed E-state index contributed by atoms with van der Waals surface area (Å²) in [7, 11) is 0. The zero-order valence-corrected chi connectivity index (χ0v) is 20.1. The van der Waals surface area contributed by atoms with Gasteiger partial charge in [0.15, 0.2) is 0 Å².